The number of hydrogen-bond acceptors (Lipinski definition) is 5. The fourth-order valence-corrected chi connectivity index (χ4v) is 4.04. The van der Waals surface area contributed by atoms with Gasteiger partial charge in [-0.15, -0.1) is 0 Å². The van der Waals surface area contributed by atoms with Gasteiger partial charge in [0.1, 0.15) is 11.5 Å². The lowest BCUT2D eigenvalue weighted by Gasteiger charge is -2.08. The first-order valence-corrected chi connectivity index (χ1v) is 9.99. The fraction of sp³-hybridized carbons (Fsp3) is 0.217. The summed E-state index contributed by atoms with van der Waals surface area (Å²) >= 11 is 0. The van der Waals surface area contributed by atoms with Gasteiger partial charge in [-0.1, -0.05) is 0 Å². The van der Waals surface area contributed by atoms with E-state index in [1.807, 2.05) is 49.2 Å². The van der Waals surface area contributed by atoms with E-state index in [1.165, 1.54) is 0 Å². The van der Waals surface area contributed by atoms with Crippen LogP contribution in [0.5, 0.6) is 11.5 Å². The third kappa shape index (κ3) is 3.16. The number of H-pyrrole nitrogens is 1. The molecule has 0 bridgehead atoms. The van der Waals surface area contributed by atoms with E-state index >= 15 is 0 Å². The second-order valence-electron chi connectivity index (χ2n) is 7.49. The zero-order valence-corrected chi connectivity index (χ0v) is 17.9. The molecule has 1 aromatic carbocycles. The molecule has 0 aliphatic rings. The highest BCUT2D eigenvalue weighted by Crippen LogP contribution is 2.38. The summed E-state index contributed by atoms with van der Waals surface area (Å²) in [5.41, 5.74) is 5.18. The summed E-state index contributed by atoms with van der Waals surface area (Å²) in [6.07, 6.45) is 5.73. The molecule has 5 aromatic rings. The van der Waals surface area contributed by atoms with E-state index in [-0.39, 0.29) is 0 Å². The van der Waals surface area contributed by atoms with Gasteiger partial charge in [0.15, 0.2) is 11.5 Å². The Hall–Kier alpha value is -3.94. The van der Waals surface area contributed by atoms with Crippen molar-refractivity contribution >= 4 is 27.8 Å². The highest BCUT2D eigenvalue weighted by atomic mass is 16.5. The number of pyridine rings is 1. The number of anilines is 1. The predicted octanol–water partition coefficient (Wildman–Crippen LogP) is 4.08. The van der Waals surface area contributed by atoms with Crippen molar-refractivity contribution in [2.75, 3.05) is 19.5 Å². The van der Waals surface area contributed by atoms with Gasteiger partial charge in [0, 0.05) is 67.2 Å². The highest BCUT2D eigenvalue weighted by Gasteiger charge is 2.16. The van der Waals surface area contributed by atoms with Crippen molar-refractivity contribution in [1.82, 2.24) is 24.3 Å². The summed E-state index contributed by atoms with van der Waals surface area (Å²) in [4.78, 5) is 8.03. The Labute approximate surface area is 179 Å². The van der Waals surface area contributed by atoms with Gasteiger partial charge in [0.05, 0.1) is 25.9 Å². The second kappa shape index (κ2) is 7.39. The topological polar surface area (TPSA) is 81.9 Å². The molecule has 0 aliphatic carbocycles. The lowest BCUT2D eigenvalue weighted by molar-refractivity contribution is 0.355. The molecule has 0 fully saturated rings. The normalized spacial score (nSPS) is 11.4. The molecular formula is C23H24N6O2. The zero-order valence-electron chi connectivity index (χ0n) is 17.9. The average Bonchev–Trinajstić information content (AvgIpc) is 3.48. The van der Waals surface area contributed by atoms with Crippen molar-refractivity contribution < 1.29 is 9.47 Å². The van der Waals surface area contributed by atoms with Crippen LogP contribution in [0, 0.1) is 0 Å². The second-order valence-corrected chi connectivity index (χ2v) is 7.49. The largest absolute Gasteiger partial charge is 0.493 e. The maximum absolute atomic E-state index is 5.53. The van der Waals surface area contributed by atoms with E-state index in [2.05, 4.69) is 37.2 Å². The number of nitrogens with one attached hydrogen (secondary N) is 2. The molecule has 0 amide bonds. The molecule has 2 N–H and O–H groups in total. The Balaban J connectivity index is 1.58. The SMILES string of the molecule is COc1cc2c(-c3cc4c(CNc5ccnn5C)ccnc4[nH]3)cn(C)c2cc1OC. The molecule has 5 rings (SSSR count). The Morgan fingerprint density at radius 2 is 1.81 bits per heavy atom. The van der Waals surface area contributed by atoms with Crippen LogP contribution in [0.3, 0.4) is 0 Å². The third-order valence-electron chi connectivity index (χ3n) is 5.69. The first-order valence-electron chi connectivity index (χ1n) is 9.99. The minimum absolute atomic E-state index is 0.677. The summed E-state index contributed by atoms with van der Waals surface area (Å²) < 4.78 is 14.9. The average molecular weight is 416 g/mol. The van der Waals surface area contributed by atoms with Crippen LogP contribution >= 0.6 is 0 Å². The van der Waals surface area contributed by atoms with E-state index in [4.69, 9.17) is 9.47 Å². The van der Waals surface area contributed by atoms with Crippen LogP contribution in [0.25, 0.3) is 33.2 Å². The number of rotatable bonds is 6. The maximum atomic E-state index is 5.53. The smallest absolute Gasteiger partial charge is 0.162 e. The predicted molar refractivity (Wildman–Crippen MR) is 122 cm³/mol. The first-order chi connectivity index (χ1) is 15.1. The molecule has 0 spiro atoms. The van der Waals surface area contributed by atoms with Crippen molar-refractivity contribution in [3.05, 3.63) is 54.5 Å². The van der Waals surface area contributed by atoms with E-state index < -0.39 is 0 Å². The van der Waals surface area contributed by atoms with Crippen LogP contribution in [0.2, 0.25) is 0 Å². The molecule has 8 heteroatoms. The van der Waals surface area contributed by atoms with Gasteiger partial charge >= 0.3 is 0 Å². The molecular weight excluding hydrogens is 392 g/mol. The molecule has 158 valence electrons. The van der Waals surface area contributed by atoms with Gasteiger partial charge in [0.2, 0.25) is 0 Å². The Morgan fingerprint density at radius 1 is 1.00 bits per heavy atom. The van der Waals surface area contributed by atoms with Crippen LogP contribution in [0.4, 0.5) is 5.82 Å². The van der Waals surface area contributed by atoms with E-state index in [1.54, 1.807) is 20.4 Å². The number of methoxy groups -OCH3 is 2. The van der Waals surface area contributed by atoms with Crippen LogP contribution < -0.4 is 14.8 Å². The molecule has 0 saturated heterocycles. The molecule has 0 aliphatic heterocycles. The first kappa shape index (κ1) is 19.0. The maximum Gasteiger partial charge on any atom is 0.162 e. The minimum Gasteiger partial charge on any atom is -0.493 e. The Bertz CT molecular complexity index is 1390. The van der Waals surface area contributed by atoms with Crippen LogP contribution in [-0.4, -0.2) is 38.5 Å². The van der Waals surface area contributed by atoms with Gasteiger partial charge in [-0.05, 0) is 23.8 Å². The summed E-state index contributed by atoms with van der Waals surface area (Å²) in [5, 5.41) is 9.82. The molecule has 4 heterocycles. The number of aromatic amines is 1. The molecule has 0 saturated carbocycles. The molecule has 0 unspecified atom stereocenters. The Kier molecular flexibility index (Phi) is 4.54. The van der Waals surface area contributed by atoms with Crippen LogP contribution in [0.1, 0.15) is 5.56 Å². The quantitative estimate of drug-likeness (QED) is 0.436. The van der Waals surface area contributed by atoms with Gasteiger partial charge in [-0.3, -0.25) is 4.68 Å². The molecule has 0 radical (unpaired) electrons. The van der Waals surface area contributed by atoms with Crippen LogP contribution in [-0.2, 0) is 20.6 Å². The molecule has 31 heavy (non-hydrogen) atoms. The minimum atomic E-state index is 0.677. The van der Waals surface area contributed by atoms with Gasteiger partial charge in [0.25, 0.3) is 0 Å². The fourth-order valence-electron chi connectivity index (χ4n) is 4.04. The van der Waals surface area contributed by atoms with Gasteiger partial charge in [-0.2, -0.15) is 5.10 Å². The zero-order chi connectivity index (χ0) is 21.5. The summed E-state index contributed by atoms with van der Waals surface area (Å²) in [5.74, 6) is 2.39. The summed E-state index contributed by atoms with van der Waals surface area (Å²) in [6, 6.07) is 10.2. The van der Waals surface area contributed by atoms with E-state index in [0.717, 1.165) is 44.6 Å². The number of fused-ring (bicyclic) bond motifs is 2. The third-order valence-corrected chi connectivity index (χ3v) is 5.69. The number of benzene rings is 1. The number of ether oxygens (including phenoxy) is 2. The summed E-state index contributed by atoms with van der Waals surface area (Å²) in [7, 11) is 7.25. The number of hydrogen-bond donors (Lipinski definition) is 2. The van der Waals surface area contributed by atoms with E-state index in [9.17, 15) is 0 Å². The monoisotopic (exact) mass is 416 g/mol. The lowest BCUT2D eigenvalue weighted by Crippen LogP contribution is -2.04. The Morgan fingerprint density at radius 3 is 2.55 bits per heavy atom. The number of aryl methyl sites for hydroxylation is 2. The molecule has 0 atom stereocenters. The molecule has 4 aromatic heterocycles. The van der Waals surface area contributed by atoms with Crippen molar-refractivity contribution in [3.8, 4) is 22.8 Å². The van der Waals surface area contributed by atoms with Crippen molar-refractivity contribution in [1.29, 1.82) is 0 Å². The van der Waals surface area contributed by atoms with E-state index in [0.29, 0.717) is 18.0 Å². The molecule has 8 nitrogen and oxygen atoms in total. The number of nitrogens with zero attached hydrogens (tertiary/aromatic N) is 4. The summed E-state index contributed by atoms with van der Waals surface area (Å²) in [6.45, 7) is 0.677. The van der Waals surface area contributed by atoms with Gasteiger partial charge < -0.3 is 24.3 Å². The lowest BCUT2D eigenvalue weighted by atomic mass is 10.1. The van der Waals surface area contributed by atoms with Crippen molar-refractivity contribution in [2.24, 2.45) is 14.1 Å². The van der Waals surface area contributed by atoms with Crippen molar-refractivity contribution in [2.45, 2.75) is 6.54 Å². The highest BCUT2D eigenvalue weighted by molar-refractivity contribution is 5.99. The van der Waals surface area contributed by atoms with Crippen molar-refractivity contribution in [3.63, 3.8) is 0 Å². The number of aromatic nitrogens is 5. The van der Waals surface area contributed by atoms with Gasteiger partial charge in [-0.25, -0.2) is 4.98 Å². The standard InChI is InChI=1S/C23H24N6O2/c1-28-13-17(16-10-20(30-3)21(31-4)11-19(16)28)18-9-15-14(5-7-24-23(15)27-18)12-25-22-6-8-26-29(22)2/h5-11,13,25H,12H2,1-4H3,(H,24,27). The van der Waals surface area contributed by atoms with Crippen LogP contribution in [0.15, 0.2) is 48.9 Å².